The normalized spacial score (nSPS) is 10.7. The van der Waals surface area contributed by atoms with Crippen molar-refractivity contribution >= 4 is 21.6 Å². The van der Waals surface area contributed by atoms with E-state index in [9.17, 15) is 14.9 Å². The van der Waals surface area contributed by atoms with Crippen LogP contribution in [-0.2, 0) is 6.54 Å². The Bertz CT molecular complexity index is 552. The zero-order valence-electron chi connectivity index (χ0n) is 10.9. The Hall–Kier alpha value is -1.47. The number of nitrogens with zero attached hydrogens (tertiary/aromatic N) is 2. The number of pyridine rings is 1. The van der Waals surface area contributed by atoms with Crippen LogP contribution >= 0.6 is 15.9 Å². The second-order valence-corrected chi connectivity index (χ2v) is 5.39. The number of hydrogen-bond acceptors (Lipinski definition) is 4. The van der Waals surface area contributed by atoms with Crippen molar-refractivity contribution in [3.63, 3.8) is 0 Å². The molecule has 6 nitrogen and oxygen atoms in total. The highest BCUT2D eigenvalue weighted by atomic mass is 79.9. The highest BCUT2D eigenvalue weighted by molar-refractivity contribution is 9.10. The molecule has 0 radical (unpaired) electrons. The van der Waals surface area contributed by atoms with E-state index in [0.717, 1.165) is 5.57 Å². The summed E-state index contributed by atoms with van der Waals surface area (Å²) in [4.78, 5) is 21.6. The Morgan fingerprint density at radius 3 is 2.74 bits per heavy atom. The fraction of sp³-hybridized carbons (Fsp3) is 0.417. The smallest absolute Gasteiger partial charge is 0.333 e. The fourth-order valence-electron chi connectivity index (χ4n) is 1.46. The van der Waals surface area contributed by atoms with Crippen LogP contribution in [0.15, 0.2) is 33.8 Å². The molecule has 0 saturated heterocycles. The van der Waals surface area contributed by atoms with Crippen LogP contribution in [0.5, 0.6) is 0 Å². The van der Waals surface area contributed by atoms with Crippen molar-refractivity contribution in [2.75, 3.05) is 6.54 Å². The first-order valence-electron chi connectivity index (χ1n) is 5.75. The standard InChI is InChI=1S/C12H16BrN3O3/c1-8(2)14-4-9(3)5-15-6-10(13)12(17)11(7-15)16(18)19/h6-8,14H,3-5H2,1-2H3. The van der Waals surface area contributed by atoms with Gasteiger partial charge in [0, 0.05) is 25.3 Å². The third-order valence-corrected chi connectivity index (χ3v) is 2.94. The molecule has 0 aliphatic heterocycles. The monoisotopic (exact) mass is 329 g/mol. The Labute approximate surface area is 119 Å². The number of aromatic nitrogens is 1. The van der Waals surface area contributed by atoms with Gasteiger partial charge in [0.15, 0.2) is 0 Å². The van der Waals surface area contributed by atoms with Gasteiger partial charge < -0.3 is 9.88 Å². The van der Waals surface area contributed by atoms with Gasteiger partial charge in [0.25, 0.3) is 5.43 Å². The van der Waals surface area contributed by atoms with Gasteiger partial charge in [0.05, 0.1) is 15.6 Å². The first-order chi connectivity index (χ1) is 8.81. The molecule has 0 aliphatic rings. The van der Waals surface area contributed by atoms with Crippen molar-refractivity contribution in [3.05, 3.63) is 49.4 Å². The molecule has 1 rings (SSSR count). The van der Waals surface area contributed by atoms with Gasteiger partial charge in [-0.3, -0.25) is 14.9 Å². The lowest BCUT2D eigenvalue weighted by molar-refractivity contribution is -0.386. The Morgan fingerprint density at radius 2 is 2.21 bits per heavy atom. The molecule has 0 amide bonds. The molecule has 0 spiro atoms. The van der Waals surface area contributed by atoms with E-state index in [-0.39, 0.29) is 4.47 Å². The SMILES string of the molecule is C=C(CNC(C)C)Cn1cc(Br)c(=O)c([N+](=O)[O-])c1. The molecular weight excluding hydrogens is 314 g/mol. The largest absolute Gasteiger partial charge is 0.343 e. The van der Waals surface area contributed by atoms with Crippen molar-refractivity contribution < 1.29 is 4.92 Å². The fourth-order valence-corrected chi connectivity index (χ4v) is 1.93. The van der Waals surface area contributed by atoms with Gasteiger partial charge in [-0.05, 0) is 21.5 Å². The van der Waals surface area contributed by atoms with E-state index in [1.165, 1.54) is 12.4 Å². The molecule has 19 heavy (non-hydrogen) atoms. The quantitative estimate of drug-likeness (QED) is 0.492. The summed E-state index contributed by atoms with van der Waals surface area (Å²) in [7, 11) is 0. The van der Waals surface area contributed by atoms with Crippen LogP contribution in [-0.4, -0.2) is 22.1 Å². The van der Waals surface area contributed by atoms with Gasteiger partial charge in [-0.15, -0.1) is 0 Å². The molecule has 1 N–H and O–H groups in total. The Morgan fingerprint density at radius 1 is 1.58 bits per heavy atom. The lowest BCUT2D eigenvalue weighted by Gasteiger charge is -2.12. The molecule has 0 bridgehead atoms. The first-order valence-corrected chi connectivity index (χ1v) is 6.54. The highest BCUT2D eigenvalue weighted by Gasteiger charge is 2.15. The average molecular weight is 330 g/mol. The molecule has 0 fully saturated rings. The number of nitrogens with one attached hydrogen (secondary N) is 1. The van der Waals surface area contributed by atoms with Crippen LogP contribution in [0, 0.1) is 10.1 Å². The molecule has 104 valence electrons. The topological polar surface area (TPSA) is 77.2 Å². The van der Waals surface area contributed by atoms with Crippen LogP contribution in [0.25, 0.3) is 0 Å². The van der Waals surface area contributed by atoms with Gasteiger partial charge >= 0.3 is 5.69 Å². The number of nitro groups is 1. The number of hydrogen-bond donors (Lipinski definition) is 1. The van der Waals surface area contributed by atoms with Crippen molar-refractivity contribution in [1.82, 2.24) is 9.88 Å². The van der Waals surface area contributed by atoms with E-state index in [1.807, 2.05) is 13.8 Å². The molecule has 7 heteroatoms. The van der Waals surface area contributed by atoms with Crippen LogP contribution in [0.1, 0.15) is 13.8 Å². The summed E-state index contributed by atoms with van der Waals surface area (Å²) in [5.74, 6) is 0. The first kappa shape index (κ1) is 15.6. The lowest BCUT2D eigenvalue weighted by atomic mass is 10.2. The minimum Gasteiger partial charge on any atom is -0.343 e. The van der Waals surface area contributed by atoms with E-state index in [0.29, 0.717) is 19.1 Å². The van der Waals surface area contributed by atoms with E-state index < -0.39 is 16.0 Å². The molecule has 0 unspecified atom stereocenters. The predicted molar refractivity (Wildman–Crippen MR) is 77.3 cm³/mol. The molecule has 1 aromatic heterocycles. The van der Waals surface area contributed by atoms with Crippen LogP contribution in [0.3, 0.4) is 0 Å². The Kier molecular flexibility index (Phi) is 5.44. The zero-order valence-corrected chi connectivity index (χ0v) is 12.4. The average Bonchev–Trinajstić information content (AvgIpc) is 2.30. The van der Waals surface area contributed by atoms with Crippen molar-refractivity contribution in [2.45, 2.75) is 26.4 Å². The summed E-state index contributed by atoms with van der Waals surface area (Å²) in [6, 6.07) is 0.340. The minimum atomic E-state index is -0.682. The highest BCUT2D eigenvalue weighted by Crippen LogP contribution is 2.11. The minimum absolute atomic E-state index is 0.173. The second kappa shape index (κ2) is 6.63. The molecule has 0 aromatic carbocycles. The van der Waals surface area contributed by atoms with Crippen molar-refractivity contribution in [2.24, 2.45) is 0 Å². The van der Waals surface area contributed by atoms with E-state index in [2.05, 4.69) is 27.8 Å². The van der Waals surface area contributed by atoms with E-state index >= 15 is 0 Å². The van der Waals surface area contributed by atoms with Gasteiger partial charge in [-0.25, -0.2) is 0 Å². The summed E-state index contributed by atoms with van der Waals surface area (Å²) < 4.78 is 1.75. The maximum Gasteiger partial charge on any atom is 0.333 e. The molecule has 1 aromatic rings. The van der Waals surface area contributed by atoms with Gasteiger partial charge in [0.1, 0.15) is 0 Å². The van der Waals surface area contributed by atoms with Gasteiger partial charge in [0.2, 0.25) is 0 Å². The summed E-state index contributed by atoms with van der Waals surface area (Å²) in [6.07, 6.45) is 2.75. The maximum atomic E-state index is 11.5. The summed E-state index contributed by atoms with van der Waals surface area (Å²) in [6.45, 7) is 8.98. The van der Waals surface area contributed by atoms with E-state index in [4.69, 9.17) is 0 Å². The van der Waals surface area contributed by atoms with Crippen LogP contribution in [0.2, 0.25) is 0 Å². The lowest BCUT2D eigenvalue weighted by Crippen LogP contribution is -2.26. The van der Waals surface area contributed by atoms with Crippen molar-refractivity contribution in [1.29, 1.82) is 0 Å². The number of halogens is 1. The number of rotatable bonds is 6. The van der Waals surface area contributed by atoms with Gasteiger partial charge in [-0.2, -0.15) is 0 Å². The summed E-state index contributed by atoms with van der Waals surface area (Å²) >= 11 is 3.03. The molecule has 0 aliphatic carbocycles. The van der Waals surface area contributed by atoms with Gasteiger partial charge in [-0.1, -0.05) is 20.4 Å². The van der Waals surface area contributed by atoms with Crippen LogP contribution < -0.4 is 10.7 Å². The molecule has 0 atom stereocenters. The second-order valence-electron chi connectivity index (χ2n) is 4.54. The third-order valence-electron chi connectivity index (χ3n) is 2.38. The zero-order chi connectivity index (χ0) is 14.6. The summed E-state index contributed by atoms with van der Waals surface area (Å²) in [5, 5.41) is 14.0. The predicted octanol–water partition coefficient (Wildman–Crippen LogP) is 2.07. The maximum absolute atomic E-state index is 11.5. The molecule has 1 heterocycles. The van der Waals surface area contributed by atoms with Crippen LogP contribution in [0.4, 0.5) is 5.69 Å². The molecular formula is C12H16BrN3O3. The van der Waals surface area contributed by atoms with Crippen molar-refractivity contribution in [3.8, 4) is 0 Å². The third kappa shape index (κ3) is 4.60. The van der Waals surface area contributed by atoms with E-state index in [1.54, 1.807) is 4.57 Å². The summed E-state index contributed by atoms with van der Waals surface area (Å²) in [5.41, 5.74) is -0.190. The molecule has 0 saturated carbocycles. The Balaban J connectivity index is 2.88.